The number of aromatic amines is 1. The maximum Gasteiger partial charge on any atom is 0.266 e. The highest BCUT2D eigenvalue weighted by molar-refractivity contribution is 5.70. The van der Waals surface area contributed by atoms with Gasteiger partial charge in [-0.05, 0) is 37.1 Å². The smallest absolute Gasteiger partial charge is 0.266 e. The lowest BCUT2D eigenvalue weighted by atomic mass is 10.0. The van der Waals surface area contributed by atoms with Gasteiger partial charge in [0, 0.05) is 11.3 Å². The van der Waals surface area contributed by atoms with Crippen molar-refractivity contribution in [3.8, 4) is 22.9 Å². The van der Waals surface area contributed by atoms with Crippen LogP contribution >= 0.6 is 0 Å². The predicted octanol–water partition coefficient (Wildman–Crippen LogP) is 3.15. The minimum absolute atomic E-state index is 0.0257. The van der Waals surface area contributed by atoms with Crippen molar-refractivity contribution in [2.45, 2.75) is 20.3 Å². The van der Waals surface area contributed by atoms with E-state index in [4.69, 9.17) is 10.00 Å². The molecule has 0 saturated heterocycles. The number of hydrogen-bond donors (Lipinski definition) is 1. The molecule has 4 nitrogen and oxygen atoms in total. The molecule has 0 amide bonds. The number of hydrogen-bond acceptors (Lipinski definition) is 3. The van der Waals surface area contributed by atoms with Gasteiger partial charge in [-0.1, -0.05) is 13.0 Å². The minimum atomic E-state index is -0.511. The number of aromatic nitrogens is 1. The second-order valence-electron chi connectivity index (χ2n) is 4.68. The first-order chi connectivity index (χ1) is 10.1. The van der Waals surface area contributed by atoms with Crippen LogP contribution in [0.4, 0.5) is 4.39 Å². The quantitative estimate of drug-likeness (QED) is 0.939. The van der Waals surface area contributed by atoms with Crippen molar-refractivity contribution in [1.29, 1.82) is 5.26 Å². The summed E-state index contributed by atoms with van der Waals surface area (Å²) in [6.07, 6.45) is 0.785. The van der Waals surface area contributed by atoms with Gasteiger partial charge in [-0.2, -0.15) is 5.26 Å². The molecule has 1 aromatic heterocycles. The van der Waals surface area contributed by atoms with Gasteiger partial charge in [0.2, 0.25) is 0 Å². The SMILES string of the molecule is CCCOc1ccc(-c2cc(C)[nH]c(=O)c2C#N)cc1F. The average Bonchev–Trinajstić information content (AvgIpc) is 2.45. The molecule has 21 heavy (non-hydrogen) atoms. The summed E-state index contributed by atoms with van der Waals surface area (Å²) in [5.41, 5.74) is 1.00. The normalized spacial score (nSPS) is 10.2. The fourth-order valence-corrected chi connectivity index (χ4v) is 2.02. The Labute approximate surface area is 121 Å². The van der Waals surface area contributed by atoms with Crippen molar-refractivity contribution in [1.82, 2.24) is 4.98 Å². The molecule has 0 spiro atoms. The summed E-state index contributed by atoms with van der Waals surface area (Å²) < 4.78 is 19.3. The summed E-state index contributed by atoms with van der Waals surface area (Å²) in [6.45, 7) is 4.08. The number of rotatable bonds is 4. The Hall–Kier alpha value is -2.61. The van der Waals surface area contributed by atoms with Crippen molar-refractivity contribution in [3.63, 3.8) is 0 Å². The molecule has 0 unspecified atom stereocenters. The van der Waals surface area contributed by atoms with E-state index in [0.717, 1.165) is 6.42 Å². The zero-order valence-corrected chi connectivity index (χ0v) is 11.9. The van der Waals surface area contributed by atoms with Crippen LogP contribution < -0.4 is 10.3 Å². The number of nitrogens with one attached hydrogen (secondary N) is 1. The molecule has 0 radical (unpaired) electrons. The Morgan fingerprint density at radius 3 is 2.76 bits per heavy atom. The van der Waals surface area contributed by atoms with E-state index in [1.54, 1.807) is 19.1 Å². The van der Waals surface area contributed by atoms with Gasteiger partial charge in [-0.25, -0.2) is 4.39 Å². The van der Waals surface area contributed by atoms with Crippen molar-refractivity contribution in [3.05, 3.63) is 51.7 Å². The maximum absolute atomic E-state index is 14.0. The number of nitriles is 1. The maximum atomic E-state index is 14.0. The number of nitrogens with zero attached hydrogens (tertiary/aromatic N) is 1. The van der Waals surface area contributed by atoms with Gasteiger partial charge in [-0.3, -0.25) is 4.79 Å². The van der Waals surface area contributed by atoms with Crippen LogP contribution in [0.2, 0.25) is 0 Å². The third-order valence-electron chi connectivity index (χ3n) is 2.98. The molecular weight excluding hydrogens is 271 g/mol. The lowest BCUT2D eigenvalue weighted by Gasteiger charge is -2.09. The molecule has 1 aromatic carbocycles. The van der Waals surface area contributed by atoms with Gasteiger partial charge in [0.25, 0.3) is 5.56 Å². The fourth-order valence-electron chi connectivity index (χ4n) is 2.02. The highest BCUT2D eigenvalue weighted by Crippen LogP contribution is 2.27. The van der Waals surface area contributed by atoms with Crippen LogP contribution in [0.1, 0.15) is 24.6 Å². The molecule has 108 valence electrons. The Bertz CT molecular complexity index is 760. The van der Waals surface area contributed by atoms with Gasteiger partial charge in [0.05, 0.1) is 6.61 Å². The van der Waals surface area contributed by atoms with Crippen LogP contribution in [0, 0.1) is 24.1 Å². The molecule has 5 heteroatoms. The minimum Gasteiger partial charge on any atom is -0.491 e. The van der Waals surface area contributed by atoms with Crippen molar-refractivity contribution >= 4 is 0 Å². The first-order valence-electron chi connectivity index (χ1n) is 6.63. The third-order valence-corrected chi connectivity index (χ3v) is 2.98. The summed E-state index contributed by atoms with van der Waals surface area (Å²) in [5.74, 6) is -0.344. The van der Waals surface area contributed by atoms with Crippen molar-refractivity contribution in [2.24, 2.45) is 0 Å². The lowest BCUT2D eigenvalue weighted by molar-refractivity contribution is 0.301. The van der Waals surface area contributed by atoms with Crippen LogP contribution in [0.5, 0.6) is 5.75 Å². The molecule has 0 aliphatic carbocycles. The van der Waals surface area contributed by atoms with E-state index in [-0.39, 0.29) is 11.3 Å². The van der Waals surface area contributed by atoms with E-state index < -0.39 is 11.4 Å². The second-order valence-corrected chi connectivity index (χ2v) is 4.68. The molecule has 1 heterocycles. The largest absolute Gasteiger partial charge is 0.491 e. The third kappa shape index (κ3) is 3.11. The Balaban J connectivity index is 2.51. The molecule has 0 bridgehead atoms. The first-order valence-corrected chi connectivity index (χ1v) is 6.63. The number of benzene rings is 1. The van der Waals surface area contributed by atoms with E-state index >= 15 is 0 Å². The Morgan fingerprint density at radius 1 is 1.38 bits per heavy atom. The summed E-state index contributed by atoms with van der Waals surface area (Å²) in [4.78, 5) is 14.3. The van der Waals surface area contributed by atoms with Crippen LogP contribution in [-0.4, -0.2) is 11.6 Å². The van der Waals surface area contributed by atoms with Crippen molar-refractivity contribution < 1.29 is 9.13 Å². The standard InChI is InChI=1S/C16H15FN2O2/c1-3-6-21-15-5-4-11(8-14(15)17)12-7-10(2)19-16(20)13(12)9-18/h4-5,7-8H,3,6H2,1-2H3,(H,19,20). The lowest BCUT2D eigenvalue weighted by Crippen LogP contribution is -2.12. The number of halogens is 1. The molecule has 0 aliphatic heterocycles. The molecule has 0 aliphatic rings. The highest BCUT2D eigenvalue weighted by Gasteiger charge is 2.12. The molecule has 2 aromatic rings. The van der Waals surface area contributed by atoms with Gasteiger partial charge in [0.15, 0.2) is 11.6 Å². The van der Waals surface area contributed by atoms with Gasteiger partial charge >= 0.3 is 0 Å². The van der Waals surface area contributed by atoms with Crippen LogP contribution in [0.25, 0.3) is 11.1 Å². The monoisotopic (exact) mass is 286 g/mol. The number of aryl methyl sites for hydroxylation is 1. The van der Waals surface area contributed by atoms with E-state index in [1.807, 2.05) is 13.0 Å². The van der Waals surface area contributed by atoms with E-state index in [9.17, 15) is 9.18 Å². The first kappa shape index (κ1) is 14.8. The zero-order valence-electron chi connectivity index (χ0n) is 11.9. The van der Waals surface area contributed by atoms with E-state index in [2.05, 4.69) is 4.98 Å². The van der Waals surface area contributed by atoms with E-state index in [1.165, 1.54) is 12.1 Å². The fraction of sp³-hybridized carbons (Fsp3) is 0.250. The summed E-state index contributed by atoms with van der Waals surface area (Å²) >= 11 is 0. The average molecular weight is 286 g/mol. The number of H-pyrrole nitrogens is 1. The topological polar surface area (TPSA) is 65.9 Å². The van der Waals surface area contributed by atoms with Gasteiger partial charge in [-0.15, -0.1) is 0 Å². The second kappa shape index (κ2) is 6.23. The highest BCUT2D eigenvalue weighted by atomic mass is 19.1. The van der Waals surface area contributed by atoms with E-state index in [0.29, 0.717) is 23.4 Å². The van der Waals surface area contributed by atoms with Crippen molar-refractivity contribution in [2.75, 3.05) is 6.61 Å². The van der Waals surface area contributed by atoms with Crippen LogP contribution in [-0.2, 0) is 0 Å². The molecule has 1 N–H and O–H groups in total. The van der Waals surface area contributed by atoms with Gasteiger partial charge < -0.3 is 9.72 Å². The molecule has 2 rings (SSSR count). The zero-order chi connectivity index (χ0) is 15.4. The predicted molar refractivity (Wildman–Crippen MR) is 77.7 cm³/mol. The van der Waals surface area contributed by atoms with Crippen LogP contribution in [0.3, 0.4) is 0 Å². The summed E-state index contributed by atoms with van der Waals surface area (Å²) in [7, 11) is 0. The number of ether oxygens (including phenoxy) is 1. The molecule has 0 fully saturated rings. The summed E-state index contributed by atoms with van der Waals surface area (Å²) in [6, 6.07) is 7.95. The molecular formula is C16H15FN2O2. The Morgan fingerprint density at radius 2 is 2.14 bits per heavy atom. The number of pyridine rings is 1. The molecule has 0 saturated carbocycles. The summed E-state index contributed by atoms with van der Waals surface area (Å²) in [5, 5.41) is 9.10. The Kier molecular flexibility index (Phi) is 4.39. The molecule has 0 atom stereocenters. The van der Waals surface area contributed by atoms with Gasteiger partial charge in [0.1, 0.15) is 11.6 Å². The van der Waals surface area contributed by atoms with Crippen LogP contribution in [0.15, 0.2) is 29.1 Å².